The van der Waals surface area contributed by atoms with Crippen LogP contribution in [-0.2, 0) is 9.59 Å². The molecule has 1 spiro atoms. The molecule has 3 rings (SSSR count). The molecule has 2 amide bonds. The van der Waals surface area contributed by atoms with Crippen LogP contribution in [0.2, 0.25) is 5.02 Å². The van der Waals surface area contributed by atoms with Crippen LogP contribution in [0.4, 0.5) is 5.69 Å². The second-order valence-corrected chi connectivity index (χ2v) is 6.95. The summed E-state index contributed by atoms with van der Waals surface area (Å²) in [6.45, 7) is 6.93. The summed E-state index contributed by atoms with van der Waals surface area (Å²) >= 11 is 6.00. The van der Waals surface area contributed by atoms with E-state index in [4.69, 9.17) is 11.6 Å². The molecule has 0 bridgehead atoms. The van der Waals surface area contributed by atoms with Gasteiger partial charge in [-0.2, -0.15) is 0 Å². The molecule has 0 radical (unpaired) electrons. The molecule has 1 aromatic carbocycles. The standard InChI is InChI=1S/C17H19ClN2O2/c1-3-15(21)20-9-17(10-20)7-12(8-17)16(22)19-14-5-11(2)4-13(18)6-14/h3-6,12H,1,7-10H2,2H3,(H,19,22). The molecule has 1 aliphatic heterocycles. The first-order chi connectivity index (χ1) is 10.4. The number of hydrogen-bond acceptors (Lipinski definition) is 2. The number of rotatable bonds is 3. The molecular weight excluding hydrogens is 300 g/mol. The smallest absolute Gasteiger partial charge is 0.245 e. The third-order valence-corrected chi connectivity index (χ3v) is 4.80. The number of halogens is 1. The van der Waals surface area contributed by atoms with Gasteiger partial charge in [0.2, 0.25) is 11.8 Å². The maximum atomic E-state index is 12.3. The number of amides is 2. The molecule has 22 heavy (non-hydrogen) atoms. The van der Waals surface area contributed by atoms with Gasteiger partial charge in [-0.25, -0.2) is 0 Å². The van der Waals surface area contributed by atoms with E-state index >= 15 is 0 Å². The molecule has 5 heteroatoms. The van der Waals surface area contributed by atoms with Gasteiger partial charge in [0.05, 0.1) is 0 Å². The van der Waals surface area contributed by atoms with E-state index in [-0.39, 0.29) is 23.1 Å². The van der Waals surface area contributed by atoms with E-state index < -0.39 is 0 Å². The molecule has 0 aromatic heterocycles. The molecule has 2 aliphatic rings. The second kappa shape index (κ2) is 5.43. The lowest BCUT2D eigenvalue weighted by atomic mass is 9.57. The van der Waals surface area contributed by atoms with Gasteiger partial charge < -0.3 is 10.2 Å². The van der Waals surface area contributed by atoms with Crippen LogP contribution in [-0.4, -0.2) is 29.8 Å². The van der Waals surface area contributed by atoms with Crippen LogP contribution in [0.15, 0.2) is 30.9 Å². The Bertz CT molecular complexity index is 622. The lowest BCUT2D eigenvalue weighted by Crippen LogP contribution is -2.64. The topological polar surface area (TPSA) is 49.4 Å². The van der Waals surface area contributed by atoms with Crippen molar-refractivity contribution in [3.8, 4) is 0 Å². The highest BCUT2D eigenvalue weighted by molar-refractivity contribution is 6.31. The van der Waals surface area contributed by atoms with Crippen LogP contribution in [0.1, 0.15) is 18.4 Å². The van der Waals surface area contributed by atoms with Crippen LogP contribution >= 0.6 is 11.6 Å². The molecule has 1 aliphatic carbocycles. The quantitative estimate of drug-likeness (QED) is 0.871. The van der Waals surface area contributed by atoms with E-state index in [1.54, 1.807) is 11.0 Å². The zero-order chi connectivity index (χ0) is 15.9. The molecule has 1 aromatic rings. The van der Waals surface area contributed by atoms with Crippen molar-refractivity contribution in [2.75, 3.05) is 18.4 Å². The van der Waals surface area contributed by atoms with Crippen molar-refractivity contribution in [1.29, 1.82) is 0 Å². The monoisotopic (exact) mass is 318 g/mol. The van der Waals surface area contributed by atoms with Crippen molar-refractivity contribution in [2.45, 2.75) is 19.8 Å². The molecule has 2 fully saturated rings. The highest BCUT2D eigenvalue weighted by Gasteiger charge is 2.55. The molecule has 1 saturated heterocycles. The molecule has 1 saturated carbocycles. The Hall–Kier alpha value is -1.81. The molecule has 4 nitrogen and oxygen atoms in total. The number of nitrogens with zero attached hydrogens (tertiary/aromatic N) is 1. The van der Waals surface area contributed by atoms with Gasteiger partial charge >= 0.3 is 0 Å². The van der Waals surface area contributed by atoms with E-state index in [9.17, 15) is 9.59 Å². The van der Waals surface area contributed by atoms with E-state index in [0.717, 1.165) is 37.2 Å². The van der Waals surface area contributed by atoms with Crippen LogP contribution in [0, 0.1) is 18.3 Å². The number of likely N-dealkylation sites (tertiary alicyclic amines) is 1. The fourth-order valence-corrected chi connectivity index (χ4v) is 3.82. The fraction of sp³-hybridized carbons (Fsp3) is 0.412. The van der Waals surface area contributed by atoms with Crippen molar-refractivity contribution in [1.82, 2.24) is 4.90 Å². The Morgan fingerprint density at radius 1 is 1.36 bits per heavy atom. The van der Waals surface area contributed by atoms with Gasteiger partial charge in [0.1, 0.15) is 0 Å². The molecule has 1 heterocycles. The third-order valence-electron chi connectivity index (χ3n) is 4.58. The predicted octanol–water partition coefficient (Wildman–Crippen LogP) is 3.01. The van der Waals surface area contributed by atoms with Crippen molar-refractivity contribution in [3.05, 3.63) is 41.4 Å². The molecule has 1 N–H and O–H groups in total. The Labute approximate surface area is 135 Å². The Morgan fingerprint density at radius 3 is 2.64 bits per heavy atom. The van der Waals surface area contributed by atoms with Gasteiger partial charge in [-0.3, -0.25) is 9.59 Å². The van der Waals surface area contributed by atoms with Gasteiger partial charge in [-0.05, 0) is 49.6 Å². The minimum atomic E-state index is -0.0204. The van der Waals surface area contributed by atoms with Crippen LogP contribution in [0.3, 0.4) is 0 Å². The molecule has 0 unspecified atom stereocenters. The van der Waals surface area contributed by atoms with E-state index in [1.165, 1.54) is 6.08 Å². The molecular formula is C17H19ClN2O2. The van der Waals surface area contributed by atoms with Gasteiger partial charge in [-0.1, -0.05) is 18.2 Å². The number of benzene rings is 1. The number of hydrogen-bond donors (Lipinski definition) is 1. The zero-order valence-corrected chi connectivity index (χ0v) is 13.3. The zero-order valence-electron chi connectivity index (χ0n) is 12.6. The van der Waals surface area contributed by atoms with Crippen LogP contribution in [0.25, 0.3) is 0 Å². The van der Waals surface area contributed by atoms with Gasteiger partial charge in [0.15, 0.2) is 0 Å². The summed E-state index contributed by atoms with van der Waals surface area (Å²) < 4.78 is 0. The van der Waals surface area contributed by atoms with Crippen molar-refractivity contribution in [2.24, 2.45) is 11.3 Å². The summed E-state index contributed by atoms with van der Waals surface area (Å²) in [6, 6.07) is 5.52. The summed E-state index contributed by atoms with van der Waals surface area (Å²) in [4.78, 5) is 25.5. The minimum absolute atomic E-state index is 0.0204. The van der Waals surface area contributed by atoms with Crippen molar-refractivity contribution < 1.29 is 9.59 Å². The number of nitrogens with one attached hydrogen (secondary N) is 1. The summed E-state index contributed by atoms with van der Waals surface area (Å²) in [5.41, 5.74) is 1.92. The fourth-order valence-electron chi connectivity index (χ4n) is 3.53. The Kier molecular flexibility index (Phi) is 3.73. The lowest BCUT2D eigenvalue weighted by Gasteiger charge is -2.58. The summed E-state index contributed by atoms with van der Waals surface area (Å²) in [5, 5.41) is 3.56. The summed E-state index contributed by atoms with van der Waals surface area (Å²) in [6.07, 6.45) is 3.04. The largest absolute Gasteiger partial charge is 0.338 e. The number of anilines is 1. The van der Waals surface area contributed by atoms with Crippen molar-refractivity contribution in [3.63, 3.8) is 0 Å². The van der Waals surface area contributed by atoms with Crippen LogP contribution < -0.4 is 5.32 Å². The van der Waals surface area contributed by atoms with Crippen molar-refractivity contribution >= 4 is 29.1 Å². The average molecular weight is 319 g/mol. The van der Waals surface area contributed by atoms with Gasteiger partial charge in [-0.15, -0.1) is 0 Å². The van der Waals surface area contributed by atoms with E-state index in [1.807, 2.05) is 19.1 Å². The highest BCUT2D eigenvalue weighted by Crippen LogP contribution is 2.52. The summed E-state index contributed by atoms with van der Waals surface area (Å²) in [5.74, 6) is 0.0500. The maximum absolute atomic E-state index is 12.3. The van der Waals surface area contributed by atoms with Crippen LogP contribution in [0.5, 0.6) is 0 Å². The average Bonchev–Trinajstić information content (AvgIpc) is 2.33. The predicted molar refractivity (Wildman–Crippen MR) is 86.8 cm³/mol. The lowest BCUT2D eigenvalue weighted by molar-refractivity contribution is -0.154. The van der Waals surface area contributed by atoms with E-state index in [0.29, 0.717) is 5.02 Å². The Morgan fingerprint density at radius 2 is 2.05 bits per heavy atom. The maximum Gasteiger partial charge on any atom is 0.245 e. The number of carbonyl (C=O) groups excluding carboxylic acids is 2. The van der Waals surface area contributed by atoms with Gasteiger partial charge in [0, 0.05) is 35.1 Å². The van der Waals surface area contributed by atoms with E-state index in [2.05, 4.69) is 11.9 Å². The number of aryl methyl sites for hydroxylation is 1. The first-order valence-electron chi connectivity index (χ1n) is 7.40. The second-order valence-electron chi connectivity index (χ2n) is 6.51. The molecule has 116 valence electrons. The first kappa shape index (κ1) is 15.1. The first-order valence-corrected chi connectivity index (χ1v) is 7.78. The summed E-state index contributed by atoms with van der Waals surface area (Å²) in [7, 11) is 0. The normalized spacial score (nSPS) is 19.3. The molecule has 0 atom stereocenters. The van der Waals surface area contributed by atoms with Gasteiger partial charge in [0.25, 0.3) is 0 Å². The number of carbonyl (C=O) groups is 2. The highest BCUT2D eigenvalue weighted by atomic mass is 35.5. The SMILES string of the molecule is C=CC(=O)N1CC2(CC(C(=O)Nc3cc(C)cc(Cl)c3)C2)C1. The third kappa shape index (κ3) is 2.75. The Balaban J connectivity index is 1.52. The minimum Gasteiger partial charge on any atom is -0.338 e.